The average Bonchev–Trinajstić information content (AvgIpc) is 2.76. The quantitative estimate of drug-likeness (QED) is 0.748. The number of amides is 1. The molecule has 0 unspecified atom stereocenters. The molecule has 7 heteroatoms. The molecule has 0 bridgehead atoms. The van der Waals surface area contributed by atoms with Crippen molar-refractivity contribution in [1.82, 2.24) is 14.9 Å². The molecule has 6 nitrogen and oxygen atoms in total. The summed E-state index contributed by atoms with van der Waals surface area (Å²) < 4.78 is 19.2. The van der Waals surface area contributed by atoms with Gasteiger partial charge in [-0.2, -0.15) is 0 Å². The maximum absolute atomic E-state index is 13.3. The van der Waals surface area contributed by atoms with Gasteiger partial charge in [-0.3, -0.25) is 4.79 Å². The van der Waals surface area contributed by atoms with Crippen LogP contribution in [0.3, 0.4) is 0 Å². The molecule has 1 aromatic carbocycles. The van der Waals surface area contributed by atoms with Crippen molar-refractivity contribution in [2.45, 2.75) is 52.0 Å². The summed E-state index contributed by atoms with van der Waals surface area (Å²) in [6, 6.07) is 6.33. The SMILES string of the molecule is Cc1cc(F)ccc1Oc1cc(N2CCN(C(=O)C3CCCCC3)[C@@H](C)C2)ncn1. The summed E-state index contributed by atoms with van der Waals surface area (Å²) in [6.07, 6.45) is 7.13. The van der Waals surface area contributed by atoms with Crippen LogP contribution in [0, 0.1) is 18.7 Å². The summed E-state index contributed by atoms with van der Waals surface area (Å²) in [5.41, 5.74) is 0.707. The van der Waals surface area contributed by atoms with Gasteiger partial charge in [-0.15, -0.1) is 0 Å². The van der Waals surface area contributed by atoms with Crippen molar-refractivity contribution in [3.8, 4) is 11.6 Å². The van der Waals surface area contributed by atoms with Gasteiger partial charge in [-0.05, 0) is 50.5 Å². The number of hydrogen-bond acceptors (Lipinski definition) is 5. The molecule has 2 aliphatic rings. The first-order valence-electron chi connectivity index (χ1n) is 10.8. The molecule has 0 spiro atoms. The minimum Gasteiger partial charge on any atom is -0.439 e. The number of ether oxygens (including phenoxy) is 1. The van der Waals surface area contributed by atoms with Crippen molar-refractivity contribution >= 4 is 11.7 Å². The predicted octanol–water partition coefficient (Wildman–Crippen LogP) is 4.33. The molecular formula is C23H29FN4O2. The molecule has 0 N–H and O–H groups in total. The first kappa shape index (κ1) is 20.6. The maximum atomic E-state index is 13.3. The second-order valence-corrected chi connectivity index (χ2v) is 8.39. The summed E-state index contributed by atoms with van der Waals surface area (Å²) in [5.74, 6) is 1.99. The van der Waals surface area contributed by atoms with Gasteiger partial charge < -0.3 is 14.5 Å². The summed E-state index contributed by atoms with van der Waals surface area (Å²) in [4.78, 5) is 25.8. The third-order valence-corrected chi connectivity index (χ3v) is 6.17. The number of halogens is 1. The van der Waals surface area contributed by atoms with Crippen LogP contribution >= 0.6 is 0 Å². The van der Waals surface area contributed by atoms with Gasteiger partial charge in [-0.1, -0.05) is 19.3 Å². The number of carbonyl (C=O) groups excluding carboxylic acids is 1. The lowest BCUT2D eigenvalue weighted by molar-refractivity contribution is -0.139. The third-order valence-electron chi connectivity index (χ3n) is 6.17. The van der Waals surface area contributed by atoms with Crippen LogP contribution in [0.1, 0.15) is 44.6 Å². The highest BCUT2D eigenvalue weighted by molar-refractivity contribution is 5.79. The lowest BCUT2D eigenvalue weighted by atomic mass is 9.88. The van der Waals surface area contributed by atoms with Gasteiger partial charge >= 0.3 is 0 Å². The van der Waals surface area contributed by atoms with E-state index in [1.807, 2.05) is 4.90 Å². The molecule has 1 aromatic heterocycles. The number of hydrogen-bond donors (Lipinski definition) is 0. The summed E-state index contributed by atoms with van der Waals surface area (Å²) in [5, 5.41) is 0. The zero-order valence-corrected chi connectivity index (χ0v) is 17.7. The zero-order chi connectivity index (χ0) is 21.1. The summed E-state index contributed by atoms with van der Waals surface area (Å²) >= 11 is 0. The van der Waals surface area contributed by atoms with Crippen LogP contribution in [-0.2, 0) is 4.79 Å². The summed E-state index contributed by atoms with van der Waals surface area (Å²) in [6.45, 7) is 6.06. The number of benzene rings is 1. The van der Waals surface area contributed by atoms with Gasteiger partial charge in [0.1, 0.15) is 23.7 Å². The molecule has 2 aromatic rings. The van der Waals surface area contributed by atoms with Crippen molar-refractivity contribution in [3.05, 3.63) is 42.0 Å². The minimum atomic E-state index is -0.294. The Bertz CT molecular complexity index is 901. The number of carbonyl (C=O) groups is 1. The first-order valence-corrected chi connectivity index (χ1v) is 10.8. The van der Waals surface area contributed by atoms with Crippen LogP contribution in [0.5, 0.6) is 11.6 Å². The smallest absolute Gasteiger partial charge is 0.226 e. The van der Waals surface area contributed by atoms with Crippen molar-refractivity contribution in [2.24, 2.45) is 5.92 Å². The Hall–Kier alpha value is -2.70. The molecule has 1 aliphatic carbocycles. The van der Waals surface area contributed by atoms with Gasteiger partial charge in [0.05, 0.1) is 0 Å². The van der Waals surface area contributed by atoms with E-state index in [4.69, 9.17) is 4.74 Å². The van der Waals surface area contributed by atoms with Crippen LogP contribution in [0.15, 0.2) is 30.6 Å². The number of aromatic nitrogens is 2. The normalized spacial score (nSPS) is 20.3. The molecular weight excluding hydrogens is 383 g/mol. The Balaban J connectivity index is 1.41. The molecule has 1 saturated heterocycles. The predicted molar refractivity (Wildman–Crippen MR) is 113 cm³/mol. The molecule has 1 aliphatic heterocycles. The fraction of sp³-hybridized carbons (Fsp3) is 0.522. The fourth-order valence-corrected chi connectivity index (χ4v) is 4.48. The maximum Gasteiger partial charge on any atom is 0.226 e. The Morgan fingerprint density at radius 3 is 2.67 bits per heavy atom. The fourth-order valence-electron chi connectivity index (χ4n) is 4.48. The second-order valence-electron chi connectivity index (χ2n) is 8.39. The van der Waals surface area contributed by atoms with Crippen molar-refractivity contribution in [2.75, 3.05) is 24.5 Å². The second kappa shape index (κ2) is 8.98. The van der Waals surface area contributed by atoms with E-state index in [1.165, 1.54) is 37.7 Å². The standard InChI is InChI=1S/C23H29FN4O2/c1-16-12-19(24)8-9-20(16)30-22-13-21(25-15-26-22)27-10-11-28(17(2)14-27)23(29)18-6-4-3-5-7-18/h8-9,12-13,15,17-18H,3-7,10-11,14H2,1-2H3/t17-/m0/s1. The molecule has 4 rings (SSSR count). The van der Waals surface area contributed by atoms with Gasteiger partial charge in [0, 0.05) is 37.7 Å². The monoisotopic (exact) mass is 412 g/mol. The van der Waals surface area contributed by atoms with Crippen LogP contribution in [-0.4, -0.2) is 46.5 Å². The number of piperazine rings is 1. The van der Waals surface area contributed by atoms with E-state index in [1.54, 1.807) is 19.1 Å². The Morgan fingerprint density at radius 2 is 1.93 bits per heavy atom. The van der Waals surface area contributed by atoms with Crippen LogP contribution < -0.4 is 9.64 Å². The van der Waals surface area contributed by atoms with Gasteiger partial charge in [0.2, 0.25) is 11.8 Å². The highest BCUT2D eigenvalue weighted by atomic mass is 19.1. The molecule has 1 saturated carbocycles. The van der Waals surface area contributed by atoms with Gasteiger partial charge in [-0.25, -0.2) is 14.4 Å². The van der Waals surface area contributed by atoms with E-state index in [2.05, 4.69) is 21.8 Å². The van der Waals surface area contributed by atoms with E-state index < -0.39 is 0 Å². The number of rotatable bonds is 4. The van der Waals surface area contributed by atoms with E-state index in [0.717, 1.165) is 31.7 Å². The van der Waals surface area contributed by atoms with Crippen molar-refractivity contribution < 1.29 is 13.9 Å². The lowest BCUT2D eigenvalue weighted by Gasteiger charge is -2.42. The Kier molecular flexibility index (Phi) is 6.16. The molecule has 160 valence electrons. The molecule has 1 atom stereocenters. The Labute approximate surface area is 177 Å². The molecule has 2 heterocycles. The zero-order valence-electron chi connectivity index (χ0n) is 17.7. The molecule has 30 heavy (non-hydrogen) atoms. The highest BCUT2D eigenvalue weighted by Gasteiger charge is 2.32. The first-order chi connectivity index (χ1) is 14.5. The molecule has 0 radical (unpaired) electrons. The third kappa shape index (κ3) is 4.55. The van der Waals surface area contributed by atoms with E-state index in [0.29, 0.717) is 29.6 Å². The lowest BCUT2D eigenvalue weighted by Crippen LogP contribution is -2.55. The van der Waals surface area contributed by atoms with E-state index in [9.17, 15) is 9.18 Å². The Morgan fingerprint density at radius 1 is 1.13 bits per heavy atom. The van der Waals surface area contributed by atoms with Crippen molar-refractivity contribution in [3.63, 3.8) is 0 Å². The molecule has 1 amide bonds. The van der Waals surface area contributed by atoms with Gasteiger partial charge in [0.25, 0.3) is 0 Å². The van der Waals surface area contributed by atoms with Crippen LogP contribution in [0.2, 0.25) is 0 Å². The van der Waals surface area contributed by atoms with Crippen LogP contribution in [0.25, 0.3) is 0 Å². The van der Waals surface area contributed by atoms with Crippen LogP contribution in [0.4, 0.5) is 10.2 Å². The van der Waals surface area contributed by atoms with Crippen molar-refractivity contribution in [1.29, 1.82) is 0 Å². The highest BCUT2D eigenvalue weighted by Crippen LogP contribution is 2.29. The minimum absolute atomic E-state index is 0.131. The number of aryl methyl sites for hydroxylation is 1. The number of anilines is 1. The van der Waals surface area contributed by atoms with E-state index >= 15 is 0 Å². The largest absolute Gasteiger partial charge is 0.439 e. The van der Waals surface area contributed by atoms with E-state index in [-0.39, 0.29) is 17.8 Å². The molecule has 2 fully saturated rings. The average molecular weight is 413 g/mol. The van der Waals surface area contributed by atoms with Gasteiger partial charge in [0.15, 0.2) is 0 Å². The number of nitrogens with zero attached hydrogens (tertiary/aromatic N) is 4. The topological polar surface area (TPSA) is 58.6 Å². The summed E-state index contributed by atoms with van der Waals surface area (Å²) in [7, 11) is 0.